The Labute approximate surface area is 188 Å². The molecule has 2 atom stereocenters. The van der Waals surface area contributed by atoms with Crippen molar-refractivity contribution in [1.29, 1.82) is 0 Å². The number of para-hydroxylation sites is 1. The normalized spacial score (nSPS) is 20.4. The number of aliphatic hydroxyl groups is 2. The van der Waals surface area contributed by atoms with Gasteiger partial charge in [0.05, 0.1) is 36.2 Å². The molecule has 0 spiro atoms. The molecular formula is C24H36N4O4. The Hall–Kier alpha value is -2.00. The molecule has 1 aromatic carbocycles. The zero-order chi connectivity index (χ0) is 22.5. The quantitative estimate of drug-likeness (QED) is 0.628. The van der Waals surface area contributed by atoms with E-state index in [1.165, 1.54) is 17.4 Å². The van der Waals surface area contributed by atoms with E-state index in [1.807, 2.05) is 0 Å². The fourth-order valence-electron chi connectivity index (χ4n) is 5.13. The number of β-amino-alcohol motifs (C(OH)–C–C–N with tert-alkyl or cyclic N) is 2. The van der Waals surface area contributed by atoms with Crippen LogP contribution in [0.25, 0.3) is 10.9 Å². The van der Waals surface area contributed by atoms with Gasteiger partial charge in [-0.1, -0.05) is 25.0 Å². The maximum Gasteiger partial charge on any atom is 0.331 e. The van der Waals surface area contributed by atoms with Crippen molar-refractivity contribution >= 4 is 10.9 Å². The lowest BCUT2D eigenvalue weighted by Gasteiger charge is -2.29. The van der Waals surface area contributed by atoms with E-state index >= 15 is 0 Å². The zero-order valence-electron chi connectivity index (χ0n) is 18.9. The standard InChI is InChI=1S/C24H36N4O4/c29-19(15-25-11-5-1-6-12-25)17-27-22-10-4-3-9-21(22)23(31)28(24(27)32)18-20(30)16-26-13-7-2-8-14-26/h3-4,9-10,19-20,29-30H,1-2,5-8,11-18H2/t19-,20+/m0/s1. The summed E-state index contributed by atoms with van der Waals surface area (Å²) in [4.78, 5) is 30.9. The lowest BCUT2D eigenvalue weighted by molar-refractivity contribution is 0.0823. The summed E-state index contributed by atoms with van der Waals surface area (Å²) in [6.07, 6.45) is 5.42. The maximum atomic E-state index is 13.3. The molecule has 3 heterocycles. The van der Waals surface area contributed by atoms with Gasteiger partial charge in [-0.05, 0) is 64.0 Å². The monoisotopic (exact) mass is 444 g/mol. The van der Waals surface area contributed by atoms with Crippen molar-refractivity contribution in [2.24, 2.45) is 0 Å². The highest BCUT2D eigenvalue weighted by Crippen LogP contribution is 2.12. The van der Waals surface area contributed by atoms with Gasteiger partial charge in [-0.25, -0.2) is 4.79 Å². The Morgan fingerprint density at radius 1 is 0.688 bits per heavy atom. The first-order valence-electron chi connectivity index (χ1n) is 12.1. The van der Waals surface area contributed by atoms with Crippen molar-refractivity contribution in [1.82, 2.24) is 18.9 Å². The predicted molar refractivity (Wildman–Crippen MR) is 125 cm³/mol. The highest BCUT2D eigenvalue weighted by molar-refractivity contribution is 5.77. The van der Waals surface area contributed by atoms with Crippen LogP contribution in [0.2, 0.25) is 0 Å². The molecule has 4 rings (SSSR count). The van der Waals surface area contributed by atoms with Crippen molar-refractivity contribution < 1.29 is 10.2 Å². The summed E-state index contributed by atoms with van der Waals surface area (Å²) in [5.41, 5.74) is -0.323. The topological polar surface area (TPSA) is 90.9 Å². The van der Waals surface area contributed by atoms with Crippen LogP contribution in [0.15, 0.2) is 33.9 Å². The fraction of sp³-hybridized carbons (Fsp3) is 0.667. The number of aliphatic hydroxyl groups excluding tert-OH is 2. The molecule has 1 aromatic heterocycles. The largest absolute Gasteiger partial charge is 0.390 e. The van der Waals surface area contributed by atoms with E-state index in [4.69, 9.17) is 0 Å². The van der Waals surface area contributed by atoms with Gasteiger partial charge >= 0.3 is 5.69 Å². The SMILES string of the molecule is O=c1c2ccccc2n(C[C@@H](O)CN2CCCCC2)c(=O)n1C[C@H](O)CN1CCCCC1. The van der Waals surface area contributed by atoms with Crippen LogP contribution in [0, 0.1) is 0 Å². The average Bonchev–Trinajstić information content (AvgIpc) is 2.81. The van der Waals surface area contributed by atoms with Gasteiger partial charge in [-0.15, -0.1) is 0 Å². The molecule has 32 heavy (non-hydrogen) atoms. The van der Waals surface area contributed by atoms with E-state index < -0.39 is 17.9 Å². The number of benzene rings is 1. The Balaban J connectivity index is 1.57. The first-order valence-corrected chi connectivity index (χ1v) is 12.1. The molecule has 0 unspecified atom stereocenters. The van der Waals surface area contributed by atoms with Gasteiger partial charge in [0.15, 0.2) is 0 Å². The highest BCUT2D eigenvalue weighted by atomic mass is 16.3. The van der Waals surface area contributed by atoms with Crippen molar-refractivity contribution in [2.75, 3.05) is 39.3 Å². The molecule has 0 bridgehead atoms. The molecule has 2 aliphatic rings. The van der Waals surface area contributed by atoms with Crippen molar-refractivity contribution in [2.45, 2.75) is 63.8 Å². The minimum absolute atomic E-state index is 0.0405. The Morgan fingerprint density at radius 3 is 1.75 bits per heavy atom. The van der Waals surface area contributed by atoms with Crippen LogP contribution >= 0.6 is 0 Å². The molecule has 0 aliphatic carbocycles. The fourth-order valence-corrected chi connectivity index (χ4v) is 5.13. The Morgan fingerprint density at radius 2 is 1.19 bits per heavy atom. The summed E-state index contributed by atoms with van der Waals surface area (Å²) in [7, 11) is 0. The first-order chi connectivity index (χ1) is 15.5. The Bertz CT molecular complexity index is 1010. The molecule has 2 aliphatic heterocycles. The van der Waals surface area contributed by atoms with Crippen LogP contribution in [-0.4, -0.2) is 80.6 Å². The van der Waals surface area contributed by atoms with Gasteiger partial charge < -0.3 is 20.0 Å². The number of hydrogen-bond acceptors (Lipinski definition) is 6. The summed E-state index contributed by atoms with van der Waals surface area (Å²) in [6, 6.07) is 7.03. The van der Waals surface area contributed by atoms with Gasteiger partial charge in [0.25, 0.3) is 5.56 Å². The van der Waals surface area contributed by atoms with Crippen LogP contribution in [0.4, 0.5) is 0 Å². The summed E-state index contributed by atoms with van der Waals surface area (Å²) < 4.78 is 2.64. The van der Waals surface area contributed by atoms with Crippen LogP contribution in [0.3, 0.4) is 0 Å². The van der Waals surface area contributed by atoms with E-state index in [2.05, 4.69) is 9.80 Å². The third kappa shape index (κ3) is 5.49. The van der Waals surface area contributed by atoms with Gasteiger partial charge in [0.2, 0.25) is 0 Å². The molecule has 176 valence electrons. The van der Waals surface area contributed by atoms with E-state index in [0.29, 0.717) is 24.0 Å². The molecule has 0 amide bonds. The summed E-state index contributed by atoms with van der Waals surface area (Å²) in [5, 5.41) is 21.8. The number of hydrogen-bond donors (Lipinski definition) is 2. The van der Waals surface area contributed by atoms with Gasteiger partial charge in [0.1, 0.15) is 0 Å². The summed E-state index contributed by atoms with van der Waals surface area (Å²) in [6.45, 7) is 4.87. The van der Waals surface area contributed by atoms with E-state index in [9.17, 15) is 19.8 Å². The second-order valence-corrected chi connectivity index (χ2v) is 9.36. The van der Waals surface area contributed by atoms with Gasteiger partial charge in [-0.2, -0.15) is 0 Å². The number of piperidine rings is 2. The third-order valence-corrected chi connectivity index (χ3v) is 6.75. The second kappa shape index (κ2) is 10.7. The smallest absolute Gasteiger partial charge is 0.331 e. The predicted octanol–water partition coefficient (Wildman–Crippen LogP) is 0.857. The molecule has 2 fully saturated rings. The minimum Gasteiger partial charge on any atom is -0.390 e. The van der Waals surface area contributed by atoms with E-state index in [-0.39, 0.29) is 18.6 Å². The molecule has 2 saturated heterocycles. The molecule has 0 radical (unpaired) electrons. The number of aromatic nitrogens is 2. The number of rotatable bonds is 8. The second-order valence-electron chi connectivity index (χ2n) is 9.36. The molecule has 0 saturated carbocycles. The third-order valence-electron chi connectivity index (χ3n) is 6.75. The zero-order valence-corrected chi connectivity index (χ0v) is 18.9. The average molecular weight is 445 g/mol. The molecule has 2 aromatic rings. The number of fused-ring (bicyclic) bond motifs is 1. The lowest BCUT2D eigenvalue weighted by Crippen LogP contribution is -2.47. The Kier molecular flexibility index (Phi) is 7.78. The van der Waals surface area contributed by atoms with Crippen molar-refractivity contribution in [3.05, 3.63) is 45.1 Å². The molecular weight excluding hydrogens is 408 g/mol. The molecule has 2 N–H and O–H groups in total. The lowest BCUT2D eigenvalue weighted by atomic mass is 10.1. The number of nitrogens with zero attached hydrogens (tertiary/aromatic N) is 4. The van der Waals surface area contributed by atoms with Crippen LogP contribution in [0.1, 0.15) is 38.5 Å². The minimum atomic E-state index is -0.800. The molecule has 8 heteroatoms. The van der Waals surface area contributed by atoms with E-state index in [1.54, 1.807) is 24.3 Å². The van der Waals surface area contributed by atoms with Crippen molar-refractivity contribution in [3.8, 4) is 0 Å². The van der Waals surface area contributed by atoms with Crippen molar-refractivity contribution in [3.63, 3.8) is 0 Å². The number of likely N-dealkylation sites (tertiary alicyclic amines) is 2. The summed E-state index contributed by atoms with van der Waals surface area (Å²) in [5.74, 6) is 0. The maximum absolute atomic E-state index is 13.3. The van der Waals surface area contributed by atoms with Crippen LogP contribution < -0.4 is 11.2 Å². The van der Waals surface area contributed by atoms with Gasteiger partial charge in [0, 0.05) is 13.1 Å². The molecule has 8 nitrogen and oxygen atoms in total. The van der Waals surface area contributed by atoms with Crippen LogP contribution in [-0.2, 0) is 13.1 Å². The first kappa shape index (κ1) is 23.2. The van der Waals surface area contributed by atoms with E-state index in [0.717, 1.165) is 56.4 Å². The van der Waals surface area contributed by atoms with Gasteiger partial charge in [-0.3, -0.25) is 13.9 Å². The van der Waals surface area contributed by atoms with Crippen LogP contribution in [0.5, 0.6) is 0 Å². The highest BCUT2D eigenvalue weighted by Gasteiger charge is 2.21. The summed E-state index contributed by atoms with van der Waals surface area (Å²) >= 11 is 0.